The van der Waals surface area contributed by atoms with Gasteiger partial charge >= 0.3 is 6.18 Å². The summed E-state index contributed by atoms with van der Waals surface area (Å²) < 4.78 is 37.5. The van der Waals surface area contributed by atoms with Crippen molar-refractivity contribution < 1.29 is 13.2 Å². The average Bonchev–Trinajstić information content (AvgIpc) is 3.17. The van der Waals surface area contributed by atoms with Gasteiger partial charge in [-0.25, -0.2) is 0 Å². The number of alkyl halides is 3. The Morgan fingerprint density at radius 3 is 2.63 bits per heavy atom. The van der Waals surface area contributed by atoms with E-state index < -0.39 is 11.7 Å². The van der Waals surface area contributed by atoms with Gasteiger partial charge in [0.15, 0.2) is 0 Å². The number of nitrogens with one attached hydrogen (secondary N) is 2. The highest BCUT2D eigenvalue weighted by Gasteiger charge is 2.30. The Labute approximate surface area is 111 Å². The zero-order chi connectivity index (χ0) is 13.7. The maximum atomic E-state index is 12.5. The molecule has 2 N–H and O–H groups in total. The van der Waals surface area contributed by atoms with Gasteiger partial charge in [0, 0.05) is 12.6 Å². The van der Waals surface area contributed by atoms with E-state index in [9.17, 15) is 13.2 Å². The molecule has 0 amide bonds. The minimum atomic E-state index is -4.26. The summed E-state index contributed by atoms with van der Waals surface area (Å²) in [5.41, 5.74) is 0.0900. The van der Waals surface area contributed by atoms with E-state index in [2.05, 4.69) is 10.6 Å². The van der Waals surface area contributed by atoms with Crippen molar-refractivity contribution in [1.29, 1.82) is 0 Å². The second kappa shape index (κ2) is 6.39. The molecule has 0 radical (unpaired) electrons. The van der Waals surface area contributed by atoms with Crippen LogP contribution in [-0.2, 0) is 12.7 Å². The summed E-state index contributed by atoms with van der Waals surface area (Å²) in [4.78, 5) is 0. The van der Waals surface area contributed by atoms with Crippen LogP contribution < -0.4 is 10.6 Å². The van der Waals surface area contributed by atoms with Gasteiger partial charge in [-0.3, -0.25) is 0 Å². The van der Waals surface area contributed by atoms with Crippen LogP contribution in [0.4, 0.5) is 13.2 Å². The van der Waals surface area contributed by atoms with Gasteiger partial charge in [0.1, 0.15) is 0 Å². The number of hydrogen-bond donors (Lipinski definition) is 2. The molecule has 1 aromatic carbocycles. The van der Waals surface area contributed by atoms with Crippen molar-refractivity contribution in [2.75, 3.05) is 13.1 Å². The molecule has 19 heavy (non-hydrogen) atoms. The Morgan fingerprint density at radius 2 is 1.95 bits per heavy atom. The van der Waals surface area contributed by atoms with E-state index in [4.69, 9.17) is 0 Å². The van der Waals surface area contributed by atoms with Crippen molar-refractivity contribution in [1.82, 2.24) is 10.6 Å². The zero-order valence-corrected chi connectivity index (χ0v) is 10.8. The van der Waals surface area contributed by atoms with Crippen molar-refractivity contribution >= 4 is 0 Å². The summed E-state index contributed by atoms with van der Waals surface area (Å²) in [6, 6.07) is 6.18. The first-order chi connectivity index (χ1) is 9.05. The van der Waals surface area contributed by atoms with E-state index in [0.29, 0.717) is 18.2 Å². The van der Waals surface area contributed by atoms with Crippen LogP contribution >= 0.6 is 0 Å². The van der Waals surface area contributed by atoms with Crippen molar-refractivity contribution in [3.63, 3.8) is 0 Å². The molecule has 106 valence electrons. The van der Waals surface area contributed by atoms with Crippen molar-refractivity contribution in [3.05, 3.63) is 35.4 Å². The lowest BCUT2D eigenvalue weighted by Gasteiger charge is -2.09. The number of hydrogen-bond acceptors (Lipinski definition) is 2. The zero-order valence-electron chi connectivity index (χ0n) is 10.8. The monoisotopic (exact) mass is 272 g/mol. The van der Waals surface area contributed by atoms with Gasteiger partial charge in [-0.05, 0) is 44.0 Å². The lowest BCUT2D eigenvalue weighted by atomic mass is 10.1. The van der Waals surface area contributed by atoms with Crippen LogP contribution in [0.15, 0.2) is 24.3 Å². The summed E-state index contributed by atoms with van der Waals surface area (Å²) in [6.45, 7) is 2.27. The van der Waals surface area contributed by atoms with Crippen molar-refractivity contribution in [2.24, 2.45) is 0 Å². The quantitative estimate of drug-likeness (QED) is 0.746. The van der Waals surface area contributed by atoms with Gasteiger partial charge in [-0.1, -0.05) is 18.2 Å². The molecule has 1 saturated carbocycles. The number of halogens is 3. The topological polar surface area (TPSA) is 24.1 Å². The van der Waals surface area contributed by atoms with E-state index in [1.54, 1.807) is 6.07 Å². The highest BCUT2D eigenvalue weighted by atomic mass is 19.4. The summed E-state index contributed by atoms with van der Waals surface area (Å²) in [7, 11) is 0. The largest absolute Gasteiger partial charge is 0.416 e. The third kappa shape index (κ3) is 5.20. The first kappa shape index (κ1) is 14.3. The minimum Gasteiger partial charge on any atom is -0.314 e. The fraction of sp³-hybridized carbons (Fsp3) is 0.571. The maximum Gasteiger partial charge on any atom is 0.416 e. The van der Waals surface area contributed by atoms with Crippen molar-refractivity contribution in [2.45, 2.75) is 38.0 Å². The maximum absolute atomic E-state index is 12.5. The van der Waals surface area contributed by atoms with E-state index in [0.717, 1.165) is 25.6 Å². The molecule has 0 heterocycles. The van der Waals surface area contributed by atoms with Gasteiger partial charge in [0.05, 0.1) is 5.56 Å². The van der Waals surface area contributed by atoms with Gasteiger partial charge < -0.3 is 10.6 Å². The second-order valence-electron chi connectivity index (χ2n) is 4.96. The Bertz CT molecular complexity index is 400. The van der Waals surface area contributed by atoms with E-state index >= 15 is 0 Å². The SMILES string of the molecule is FC(F)(F)c1cccc(CNCCCNC2CC2)c1. The predicted molar refractivity (Wildman–Crippen MR) is 68.8 cm³/mol. The molecular weight excluding hydrogens is 253 g/mol. The number of rotatable bonds is 7. The molecule has 0 bridgehead atoms. The highest BCUT2D eigenvalue weighted by Crippen LogP contribution is 2.29. The predicted octanol–water partition coefficient (Wildman–Crippen LogP) is 2.94. The number of benzene rings is 1. The molecule has 1 aromatic rings. The lowest BCUT2D eigenvalue weighted by molar-refractivity contribution is -0.137. The molecule has 1 fully saturated rings. The average molecular weight is 272 g/mol. The van der Waals surface area contributed by atoms with Gasteiger partial charge in [0.2, 0.25) is 0 Å². The third-order valence-electron chi connectivity index (χ3n) is 3.12. The molecule has 0 aromatic heterocycles. The molecule has 0 atom stereocenters. The lowest BCUT2D eigenvalue weighted by Crippen LogP contribution is -2.23. The molecule has 0 saturated heterocycles. The molecule has 2 nitrogen and oxygen atoms in total. The fourth-order valence-electron chi connectivity index (χ4n) is 1.90. The fourth-order valence-corrected chi connectivity index (χ4v) is 1.90. The van der Waals surface area contributed by atoms with Gasteiger partial charge in [0.25, 0.3) is 0 Å². The van der Waals surface area contributed by atoms with Crippen LogP contribution in [0.25, 0.3) is 0 Å². The van der Waals surface area contributed by atoms with Gasteiger partial charge in [-0.2, -0.15) is 13.2 Å². The Hall–Kier alpha value is -1.07. The molecule has 1 aliphatic rings. The summed E-state index contributed by atoms with van der Waals surface area (Å²) in [6.07, 6.45) is -0.713. The molecule has 2 rings (SSSR count). The molecular formula is C14H19F3N2. The first-order valence-corrected chi connectivity index (χ1v) is 6.66. The molecule has 0 spiro atoms. The smallest absolute Gasteiger partial charge is 0.314 e. The highest BCUT2D eigenvalue weighted by molar-refractivity contribution is 5.25. The second-order valence-corrected chi connectivity index (χ2v) is 4.96. The van der Waals surface area contributed by atoms with Crippen LogP contribution in [0.5, 0.6) is 0 Å². The summed E-state index contributed by atoms with van der Waals surface area (Å²) in [5.74, 6) is 0. The van der Waals surface area contributed by atoms with E-state index in [1.165, 1.54) is 25.0 Å². The van der Waals surface area contributed by atoms with Crippen LogP contribution in [0.3, 0.4) is 0 Å². The van der Waals surface area contributed by atoms with Crippen LogP contribution in [0.1, 0.15) is 30.4 Å². The first-order valence-electron chi connectivity index (χ1n) is 6.66. The van der Waals surface area contributed by atoms with E-state index in [1.807, 2.05) is 0 Å². The molecule has 1 aliphatic carbocycles. The Morgan fingerprint density at radius 1 is 1.16 bits per heavy atom. The van der Waals surface area contributed by atoms with Crippen LogP contribution in [0, 0.1) is 0 Å². The minimum absolute atomic E-state index is 0.480. The Balaban J connectivity index is 1.67. The van der Waals surface area contributed by atoms with E-state index in [-0.39, 0.29) is 0 Å². The molecule has 0 aliphatic heterocycles. The third-order valence-corrected chi connectivity index (χ3v) is 3.12. The van der Waals surface area contributed by atoms with Gasteiger partial charge in [-0.15, -0.1) is 0 Å². The normalized spacial score (nSPS) is 15.7. The van der Waals surface area contributed by atoms with Crippen LogP contribution in [0.2, 0.25) is 0 Å². The summed E-state index contributed by atoms with van der Waals surface area (Å²) in [5, 5.41) is 6.56. The van der Waals surface area contributed by atoms with Crippen LogP contribution in [-0.4, -0.2) is 19.1 Å². The molecule has 5 heteroatoms. The molecule has 0 unspecified atom stereocenters. The Kier molecular flexibility index (Phi) is 4.82. The van der Waals surface area contributed by atoms with Crippen molar-refractivity contribution in [3.8, 4) is 0 Å². The summed E-state index contributed by atoms with van der Waals surface area (Å²) >= 11 is 0. The standard InChI is InChI=1S/C14H19F3N2/c15-14(16,17)12-4-1-3-11(9-12)10-18-7-2-8-19-13-5-6-13/h1,3-4,9,13,18-19H,2,5-8,10H2.